The quantitative estimate of drug-likeness (QED) is 0.760. The normalized spacial score (nSPS) is 11.1. The van der Waals surface area contributed by atoms with Gasteiger partial charge in [0.25, 0.3) is 0 Å². The first kappa shape index (κ1) is 13.3. The number of halogens is 3. The van der Waals surface area contributed by atoms with E-state index in [1.807, 2.05) is 0 Å². The van der Waals surface area contributed by atoms with Crippen LogP contribution < -0.4 is 0 Å². The topological polar surface area (TPSA) is 26.3 Å². The van der Waals surface area contributed by atoms with Crippen LogP contribution in [0.25, 0.3) is 6.08 Å². The highest BCUT2D eigenvalue weighted by Gasteiger charge is 2.31. The molecule has 0 aliphatic carbocycles. The van der Waals surface area contributed by atoms with E-state index in [0.717, 1.165) is 12.1 Å². The van der Waals surface area contributed by atoms with Gasteiger partial charge in [-0.25, -0.2) is 4.79 Å². The van der Waals surface area contributed by atoms with Gasteiger partial charge in [-0.15, -0.1) is 0 Å². The molecule has 1 aromatic carbocycles. The monoisotopic (exact) mass is 244 g/mol. The smallest absolute Gasteiger partial charge is 0.416 e. The van der Waals surface area contributed by atoms with Crippen LogP contribution in [0.15, 0.2) is 24.8 Å². The second-order valence-electron chi connectivity index (χ2n) is 3.27. The number of esters is 1. The van der Waals surface area contributed by atoms with Crippen LogP contribution in [0.2, 0.25) is 0 Å². The number of carbonyl (C=O) groups excluding carboxylic acids is 1. The molecule has 0 N–H and O–H groups in total. The van der Waals surface area contributed by atoms with Gasteiger partial charge in [-0.05, 0) is 30.7 Å². The van der Waals surface area contributed by atoms with Crippen LogP contribution in [-0.2, 0) is 10.9 Å². The van der Waals surface area contributed by atoms with Crippen molar-refractivity contribution in [2.45, 2.75) is 13.1 Å². The molecule has 0 saturated heterocycles. The number of hydrogen-bond donors (Lipinski definition) is 0. The fourth-order valence-corrected chi connectivity index (χ4v) is 1.27. The van der Waals surface area contributed by atoms with Crippen molar-refractivity contribution in [1.29, 1.82) is 0 Å². The molecule has 0 bridgehead atoms. The first-order chi connectivity index (χ1) is 7.88. The van der Waals surface area contributed by atoms with Crippen LogP contribution >= 0.6 is 0 Å². The van der Waals surface area contributed by atoms with Crippen LogP contribution in [0.3, 0.4) is 0 Å². The van der Waals surface area contributed by atoms with Gasteiger partial charge in [-0.1, -0.05) is 12.7 Å². The van der Waals surface area contributed by atoms with Gasteiger partial charge in [0.05, 0.1) is 17.7 Å². The van der Waals surface area contributed by atoms with Gasteiger partial charge in [0, 0.05) is 0 Å². The zero-order valence-electron chi connectivity index (χ0n) is 9.17. The molecule has 92 valence electrons. The van der Waals surface area contributed by atoms with Crippen molar-refractivity contribution in [3.8, 4) is 0 Å². The Labute approximate surface area is 96.7 Å². The lowest BCUT2D eigenvalue weighted by Crippen LogP contribution is -2.10. The zero-order valence-corrected chi connectivity index (χ0v) is 9.17. The minimum atomic E-state index is -4.50. The van der Waals surface area contributed by atoms with Crippen molar-refractivity contribution in [1.82, 2.24) is 0 Å². The molecule has 0 spiro atoms. The highest BCUT2D eigenvalue weighted by atomic mass is 19.4. The lowest BCUT2D eigenvalue weighted by Gasteiger charge is -2.10. The summed E-state index contributed by atoms with van der Waals surface area (Å²) in [5.41, 5.74) is -0.794. The molecular formula is C12H11F3O2. The summed E-state index contributed by atoms with van der Waals surface area (Å²) in [6, 6.07) is 3.00. The highest BCUT2D eigenvalue weighted by molar-refractivity contribution is 5.90. The first-order valence-electron chi connectivity index (χ1n) is 4.90. The number of alkyl halides is 3. The molecule has 0 radical (unpaired) electrons. The summed E-state index contributed by atoms with van der Waals surface area (Å²) in [5, 5.41) is 0. The molecule has 0 unspecified atom stereocenters. The lowest BCUT2D eigenvalue weighted by molar-refractivity contribution is -0.137. The maximum Gasteiger partial charge on any atom is 0.416 e. The average Bonchev–Trinajstić information content (AvgIpc) is 2.27. The Bertz CT molecular complexity index is 436. The van der Waals surface area contributed by atoms with E-state index in [9.17, 15) is 18.0 Å². The predicted octanol–water partition coefficient (Wildman–Crippen LogP) is 3.53. The second-order valence-corrected chi connectivity index (χ2v) is 3.27. The number of rotatable bonds is 3. The number of carbonyl (C=O) groups is 1. The Morgan fingerprint density at radius 2 is 2.06 bits per heavy atom. The van der Waals surface area contributed by atoms with Gasteiger partial charge >= 0.3 is 12.1 Å². The second kappa shape index (κ2) is 5.03. The molecule has 0 saturated carbocycles. The minimum Gasteiger partial charge on any atom is -0.462 e. The summed E-state index contributed by atoms with van der Waals surface area (Å²) in [4.78, 5) is 11.4. The molecule has 0 atom stereocenters. The fourth-order valence-electron chi connectivity index (χ4n) is 1.27. The standard InChI is InChI=1S/C12H11F3O2/c1-3-8-5-9(11(16)17-4-2)7-10(6-8)12(13,14)15/h3,5-7H,1,4H2,2H3. The van der Waals surface area contributed by atoms with Crippen molar-refractivity contribution < 1.29 is 22.7 Å². The molecule has 0 aromatic heterocycles. The summed E-state index contributed by atoms with van der Waals surface area (Å²) in [5.74, 6) is -0.776. The summed E-state index contributed by atoms with van der Waals surface area (Å²) in [6.07, 6.45) is -3.25. The van der Waals surface area contributed by atoms with E-state index in [-0.39, 0.29) is 17.7 Å². The van der Waals surface area contributed by atoms with E-state index in [4.69, 9.17) is 0 Å². The maximum absolute atomic E-state index is 12.5. The Hall–Kier alpha value is -1.78. The Kier molecular flexibility index (Phi) is 3.93. The minimum absolute atomic E-state index is 0.110. The number of hydrogen-bond acceptors (Lipinski definition) is 2. The Morgan fingerprint density at radius 1 is 1.41 bits per heavy atom. The molecule has 0 amide bonds. The predicted molar refractivity (Wildman–Crippen MR) is 57.5 cm³/mol. The van der Waals surface area contributed by atoms with Gasteiger partial charge in [-0.3, -0.25) is 0 Å². The zero-order chi connectivity index (χ0) is 13.1. The molecule has 2 nitrogen and oxygen atoms in total. The molecule has 0 aliphatic rings. The van der Waals surface area contributed by atoms with Crippen LogP contribution in [0.4, 0.5) is 13.2 Å². The molecule has 5 heteroatoms. The van der Waals surface area contributed by atoms with Gasteiger partial charge in [0.2, 0.25) is 0 Å². The molecule has 0 fully saturated rings. The highest BCUT2D eigenvalue weighted by Crippen LogP contribution is 2.31. The van der Waals surface area contributed by atoms with E-state index in [1.54, 1.807) is 6.92 Å². The first-order valence-corrected chi connectivity index (χ1v) is 4.90. The molecule has 0 aliphatic heterocycles. The van der Waals surface area contributed by atoms with E-state index in [1.165, 1.54) is 12.1 Å². The SMILES string of the molecule is C=Cc1cc(C(=O)OCC)cc(C(F)(F)F)c1. The summed E-state index contributed by atoms with van der Waals surface area (Å²) < 4.78 is 42.3. The number of ether oxygens (including phenoxy) is 1. The molecule has 1 aromatic rings. The van der Waals surface area contributed by atoms with E-state index in [0.29, 0.717) is 0 Å². The largest absolute Gasteiger partial charge is 0.462 e. The summed E-state index contributed by atoms with van der Waals surface area (Å²) in [6.45, 7) is 5.07. The van der Waals surface area contributed by atoms with Crippen LogP contribution in [0.1, 0.15) is 28.4 Å². The van der Waals surface area contributed by atoms with Crippen LogP contribution in [0.5, 0.6) is 0 Å². The molecule has 1 rings (SSSR count). The third-order valence-electron chi connectivity index (χ3n) is 2.03. The Balaban J connectivity index is 3.23. The van der Waals surface area contributed by atoms with Crippen molar-refractivity contribution >= 4 is 12.0 Å². The summed E-state index contributed by atoms with van der Waals surface area (Å²) in [7, 11) is 0. The van der Waals surface area contributed by atoms with E-state index < -0.39 is 17.7 Å². The summed E-state index contributed by atoms with van der Waals surface area (Å²) >= 11 is 0. The van der Waals surface area contributed by atoms with Crippen molar-refractivity contribution in [3.05, 3.63) is 41.5 Å². The van der Waals surface area contributed by atoms with Crippen molar-refractivity contribution in [3.63, 3.8) is 0 Å². The van der Waals surface area contributed by atoms with Crippen LogP contribution in [0, 0.1) is 0 Å². The third kappa shape index (κ3) is 3.34. The maximum atomic E-state index is 12.5. The number of benzene rings is 1. The lowest BCUT2D eigenvalue weighted by atomic mass is 10.1. The average molecular weight is 244 g/mol. The van der Waals surface area contributed by atoms with E-state index in [2.05, 4.69) is 11.3 Å². The van der Waals surface area contributed by atoms with Gasteiger partial charge in [-0.2, -0.15) is 13.2 Å². The van der Waals surface area contributed by atoms with Crippen molar-refractivity contribution in [2.75, 3.05) is 6.61 Å². The van der Waals surface area contributed by atoms with E-state index >= 15 is 0 Å². The molecule has 17 heavy (non-hydrogen) atoms. The Morgan fingerprint density at radius 3 is 2.53 bits per heavy atom. The molecule has 0 heterocycles. The third-order valence-corrected chi connectivity index (χ3v) is 2.03. The van der Waals surface area contributed by atoms with Crippen LogP contribution in [-0.4, -0.2) is 12.6 Å². The van der Waals surface area contributed by atoms with Gasteiger partial charge < -0.3 is 4.74 Å². The fraction of sp³-hybridized carbons (Fsp3) is 0.250. The van der Waals surface area contributed by atoms with Gasteiger partial charge in [0.1, 0.15) is 0 Å². The molecular weight excluding hydrogens is 233 g/mol. The van der Waals surface area contributed by atoms with Gasteiger partial charge in [0.15, 0.2) is 0 Å². The van der Waals surface area contributed by atoms with Crippen molar-refractivity contribution in [2.24, 2.45) is 0 Å².